The highest BCUT2D eigenvalue weighted by Gasteiger charge is 2.45. The van der Waals surface area contributed by atoms with Crippen molar-refractivity contribution in [1.82, 2.24) is 4.90 Å². The number of hydrogen-bond acceptors (Lipinski definition) is 3. The average Bonchev–Trinajstić information content (AvgIpc) is 2.47. The molecule has 3 fully saturated rings. The maximum absolute atomic E-state index is 6.27. The molecule has 2 saturated heterocycles. The Labute approximate surface area is 122 Å². The zero-order valence-corrected chi connectivity index (χ0v) is 13.3. The van der Waals surface area contributed by atoms with Gasteiger partial charge >= 0.3 is 0 Å². The molecule has 19 heavy (non-hydrogen) atoms. The minimum absolute atomic E-state index is 0.311. The number of rotatable bonds is 2. The van der Waals surface area contributed by atoms with Crippen molar-refractivity contribution in [2.24, 2.45) is 17.6 Å². The SMILES string of the molecule is CC1SCCCC1(CN)N1CCC2CCCCC2C1. The molecule has 0 aromatic carbocycles. The van der Waals surface area contributed by atoms with E-state index in [1.165, 1.54) is 63.8 Å². The Morgan fingerprint density at radius 1 is 1.16 bits per heavy atom. The van der Waals surface area contributed by atoms with Gasteiger partial charge in [-0.15, -0.1) is 0 Å². The second-order valence-corrected chi connectivity index (χ2v) is 8.41. The normalized spacial score (nSPS) is 44.8. The second-order valence-electron chi connectivity index (χ2n) is 6.96. The van der Waals surface area contributed by atoms with Gasteiger partial charge in [0.2, 0.25) is 0 Å². The molecule has 2 nitrogen and oxygen atoms in total. The van der Waals surface area contributed by atoms with Gasteiger partial charge in [0, 0.05) is 23.9 Å². The number of likely N-dealkylation sites (tertiary alicyclic amines) is 1. The molecule has 0 aromatic heterocycles. The summed E-state index contributed by atoms with van der Waals surface area (Å²) in [6.07, 6.45) is 10.0. The number of thioether (sulfide) groups is 1. The highest BCUT2D eigenvalue weighted by atomic mass is 32.2. The predicted octanol–water partition coefficient (Wildman–Crippen LogP) is 3.11. The number of hydrogen-bond donors (Lipinski definition) is 1. The van der Waals surface area contributed by atoms with Crippen molar-refractivity contribution in [1.29, 1.82) is 0 Å². The van der Waals surface area contributed by atoms with Crippen LogP contribution in [-0.2, 0) is 0 Å². The molecule has 0 bridgehead atoms. The molecule has 3 rings (SSSR count). The van der Waals surface area contributed by atoms with Crippen LogP contribution in [0.4, 0.5) is 0 Å². The van der Waals surface area contributed by atoms with E-state index in [4.69, 9.17) is 5.73 Å². The molecule has 3 aliphatic rings. The van der Waals surface area contributed by atoms with Crippen LogP contribution in [0.15, 0.2) is 0 Å². The van der Waals surface area contributed by atoms with Crippen molar-refractivity contribution in [3.63, 3.8) is 0 Å². The summed E-state index contributed by atoms with van der Waals surface area (Å²) in [7, 11) is 0. The van der Waals surface area contributed by atoms with Gasteiger partial charge in [-0.2, -0.15) is 11.8 Å². The first-order valence-electron chi connectivity index (χ1n) is 8.33. The molecule has 0 aromatic rings. The van der Waals surface area contributed by atoms with Crippen LogP contribution in [0.5, 0.6) is 0 Å². The molecule has 0 spiro atoms. The maximum Gasteiger partial charge on any atom is 0.0447 e. The molecule has 4 unspecified atom stereocenters. The topological polar surface area (TPSA) is 29.3 Å². The maximum atomic E-state index is 6.27. The van der Waals surface area contributed by atoms with Gasteiger partial charge in [-0.05, 0) is 49.8 Å². The van der Waals surface area contributed by atoms with Gasteiger partial charge in [-0.1, -0.05) is 26.2 Å². The summed E-state index contributed by atoms with van der Waals surface area (Å²) in [6, 6.07) is 0. The van der Waals surface area contributed by atoms with Gasteiger partial charge in [-0.25, -0.2) is 0 Å². The molecule has 0 radical (unpaired) electrons. The zero-order valence-electron chi connectivity index (χ0n) is 12.4. The van der Waals surface area contributed by atoms with E-state index in [-0.39, 0.29) is 0 Å². The number of piperidine rings is 1. The number of nitrogens with zero attached hydrogens (tertiary/aromatic N) is 1. The third kappa shape index (κ3) is 2.58. The quantitative estimate of drug-likeness (QED) is 0.844. The van der Waals surface area contributed by atoms with E-state index in [0.29, 0.717) is 10.8 Å². The summed E-state index contributed by atoms with van der Waals surface area (Å²) in [4.78, 5) is 2.82. The minimum atomic E-state index is 0.311. The number of nitrogens with two attached hydrogens (primary N) is 1. The summed E-state index contributed by atoms with van der Waals surface area (Å²) in [6.45, 7) is 5.93. The van der Waals surface area contributed by atoms with Crippen LogP contribution in [0, 0.1) is 11.8 Å². The van der Waals surface area contributed by atoms with Crippen LogP contribution in [-0.4, -0.2) is 41.1 Å². The Kier molecular flexibility index (Phi) is 4.45. The fourth-order valence-electron chi connectivity index (χ4n) is 4.81. The van der Waals surface area contributed by atoms with E-state index < -0.39 is 0 Å². The van der Waals surface area contributed by atoms with E-state index in [1.807, 2.05) is 0 Å². The molecule has 2 aliphatic heterocycles. The Hall–Kier alpha value is 0.270. The molecule has 2 N–H and O–H groups in total. The highest BCUT2D eigenvalue weighted by Crippen LogP contribution is 2.43. The molecular weight excluding hydrogens is 252 g/mol. The lowest BCUT2D eigenvalue weighted by molar-refractivity contribution is 0.00157. The van der Waals surface area contributed by atoms with Gasteiger partial charge in [0.05, 0.1) is 0 Å². The molecule has 1 saturated carbocycles. The second kappa shape index (κ2) is 5.95. The van der Waals surface area contributed by atoms with E-state index in [9.17, 15) is 0 Å². The fourth-order valence-corrected chi connectivity index (χ4v) is 6.15. The summed E-state index contributed by atoms with van der Waals surface area (Å²) in [5.41, 5.74) is 6.58. The van der Waals surface area contributed by atoms with Crippen LogP contribution in [0.2, 0.25) is 0 Å². The van der Waals surface area contributed by atoms with E-state index in [0.717, 1.165) is 18.4 Å². The monoisotopic (exact) mass is 282 g/mol. The molecule has 110 valence electrons. The summed E-state index contributed by atoms with van der Waals surface area (Å²) < 4.78 is 0. The van der Waals surface area contributed by atoms with Gasteiger partial charge in [0.25, 0.3) is 0 Å². The average molecular weight is 282 g/mol. The van der Waals surface area contributed by atoms with Gasteiger partial charge < -0.3 is 5.73 Å². The Bertz CT molecular complexity index is 309. The third-order valence-electron chi connectivity index (χ3n) is 6.15. The Morgan fingerprint density at radius 2 is 1.95 bits per heavy atom. The first kappa shape index (κ1) is 14.2. The van der Waals surface area contributed by atoms with Crippen LogP contribution in [0.1, 0.15) is 51.9 Å². The fraction of sp³-hybridized carbons (Fsp3) is 1.00. The van der Waals surface area contributed by atoms with Crippen molar-refractivity contribution in [2.75, 3.05) is 25.4 Å². The molecular formula is C16H30N2S. The van der Waals surface area contributed by atoms with Crippen molar-refractivity contribution in [3.05, 3.63) is 0 Å². The first-order chi connectivity index (χ1) is 9.26. The molecule has 0 amide bonds. The van der Waals surface area contributed by atoms with Crippen LogP contribution in [0.25, 0.3) is 0 Å². The third-order valence-corrected chi connectivity index (χ3v) is 7.62. The van der Waals surface area contributed by atoms with Crippen molar-refractivity contribution < 1.29 is 0 Å². The lowest BCUT2D eigenvalue weighted by Gasteiger charge is -2.54. The molecule has 1 aliphatic carbocycles. The standard InChI is InChI=1S/C16H30N2S/c1-13-16(12-17,8-4-10-19-13)18-9-7-14-5-2-3-6-15(14)11-18/h13-15H,2-12,17H2,1H3. The van der Waals surface area contributed by atoms with Gasteiger partial charge in [0.1, 0.15) is 0 Å². The largest absolute Gasteiger partial charge is 0.329 e. The Balaban J connectivity index is 1.73. The minimum Gasteiger partial charge on any atom is -0.329 e. The zero-order chi connectivity index (χ0) is 13.3. The summed E-state index contributed by atoms with van der Waals surface area (Å²) in [5.74, 6) is 3.35. The first-order valence-corrected chi connectivity index (χ1v) is 9.38. The van der Waals surface area contributed by atoms with Crippen molar-refractivity contribution in [3.8, 4) is 0 Å². The number of fused-ring (bicyclic) bond motifs is 1. The summed E-state index contributed by atoms with van der Waals surface area (Å²) in [5, 5.41) is 0.714. The van der Waals surface area contributed by atoms with E-state index in [1.54, 1.807) is 0 Å². The summed E-state index contributed by atoms with van der Waals surface area (Å²) >= 11 is 2.15. The lowest BCUT2D eigenvalue weighted by atomic mass is 9.73. The molecule has 3 heteroatoms. The van der Waals surface area contributed by atoms with Gasteiger partial charge in [0.15, 0.2) is 0 Å². The van der Waals surface area contributed by atoms with Crippen molar-refractivity contribution >= 4 is 11.8 Å². The smallest absolute Gasteiger partial charge is 0.0447 e. The van der Waals surface area contributed by atoms with Crippen LogP contribution in [0.3, 0.4) is 0 Å². The van der Waals surface area contributed by atoms with Crippen LogP contribution >= 0.6 is 11.8 Å². The lowest BCUT2D eigenvalue weighted by Crippen LogP contribution is -2.63. The van der Waals surface area contributed by atoms with E-state index >= 15 is 0 Å². The highest BCUT2D eigenvalue weighted by molar-refractivity contribution is 8.00. The van der Waals surface area contributed by atoms with Crippen LogP contribution < -0.4 is 5.73 Å². The predicted molar refractivity (Wildman–Crippen MR) is 84.6 cm³/mol. The van der Waals surface area contributed by atoms with E-state index in [2.05, 4.69) is 23.6 Å². The van der Waals surface area contributed by atoms with Crippen molar-refractivity contribution in [2.45, 2.75) is 62.7 Å². The van der Waals surface area contributed by atoms with Gasteiger partial charge in [-0.3, -0.25) is 4.90 Å². The molecule has 2 heterocycles. The molecule has 4 atom stereocenters. The Morgan fingerprint density at radius 3 is 2.68 bits per heavy atom.